The molecule has 0 radical (unpaired) electrons. The van der Waals surface area contributed by atoms with Gasteiger partial charge >= 0.3 is 0 Å². The van der Waals surface area contributed by atoms with Crippen molar-refractivity contribution < 1.29 is 0 Å². The molecule has 12 rings (SSSR count). The molecule has 3 heterocycles. The SMILES string of the molecule is CC(C)(C)c1ccc2c(c1)N(c1cc(-c3ccccc3)cc(-c3ccccc3)c1)c1cc(-c3ncccn3)cc3c1B2c1ccc(C(C)(C)C)cc1N3c1cc(-c2ccccc2)cc(-c2ccccc2)c1. The number of benzene rings is 9. The Hall–Kier alpha value is -8.28. The predicted octanol–water partition coefficient (Wildman–Crippen LogP) is 15.5. The molecule has 0 amide bonds. The van der Waals surface area contributed by atoms with Gasteiger partial charge in [-0.05, 0) is 150 Å². The van der Waals surface area contributed by atoms with E-state index in [1.165, 1.54) is 61.1 Å². The zero-order chi connectivity index (χ0) is 48.4. The lowest BCUT2D eigenvalue weighted by Crippen LogP contribution is -2.61. The average molecular weight is 915 g/mol. The molecular weight excluding hydrogens is 860 g/mol. The van der Waals surface area contributed by atoms with E-state index in [2.05, 4.69) is 258 Å². The molecule has 342 valence electrons. The van der Waals surface area contributed by atoms with Gasteiger partial charge in [0.15, 0.2) is 5.82 Å². The van der Waals surface area contributed by atoms with Gasteiger partial charge in [0.1, 0.15) is 0 Å². The maximum atomic E-state index is 4.95. The van der Waals surface area contributed by atoms with E-state index in [1.54, 1.807) is 0 Å². The van der Waals surface area contributed by atoms with Crippen LogP contribution in [0.15, 0.2) is 225 Å². The Bertz CT molecular complexity index is 3270. The molecule has 2 aliphatic rings. The molecule has 71 heavy (non-hydrogen) atoms. The molecule has 0 atom stereocenters. The highest BCUT2D eigenvalue weighted by Gasteiger charge is 2.45. The molecule has 0 saturated carbocycles. The van der Waals surface area contributed by atoms with Gasteiger partial charge in [-0.15, -0.1) is 0 Å². The largest absolute Gasteiger partial charge is 0.311 e. The Balaban J connectivity index is 1.22. The zero-order valence-corrected chi connectivity index (χ0v) is 41.2. The number of hydrogen-bond donors (Lipinski definition) is 0. The van der Waals surface area contributed by atoms with Crippen LogP contribution in [0.5, 0.6) is 0 Å². The van der Waals surface area contributed by atoms with Crippen molar-refractivity contribution in [3.8, 4) is 55.9 Å². The Morgan fingerprint density at radius 3 is 1.01 bits per heavy atom. The van der Waals surface area contributed by atoms with E-state index in [0.29, 0.717) is 5.82 Å². The van der Waals surface area contributed by atoms with Crippen molar-refractivity contribution in [3.63, 3.8) is 0 Å². The number of hydrogen-bond acceptors (Lipinski definition) is 4. The Morgan fingerprint density at radius 2 is 0.676 bits per heavy atom. The summed E-state index contributed by atoms with van der Waals surface area (Å²) in [5, 5.41) is 0. The van der Waals surface area contributed by atoms with Gasteiger partial charge in [-0.1, -0.05) is 187 Å². The van der Waals surface area contributed by atoms with Crippen LogP contribution in [0.2, 0.25) is 0 Å². The Kier molecular flexibility index (Phi) is 10.7. The van der Waals surface area contributed by atoms with Crippen LogP contribution in [-0.4, -0.2) is 16.7 Å². The molecule has 0 aliphatic carbocycles. The molecule has 0 saturated heterocycles. The van der Waals surface area contributed by atoms with Gasteiger partial charge in [-0.25, -0.2) is 9.97 Å². The second-order valence-electron chi connectivity index (χ2n) is 21.2. The molecule has 0 unspecified atom stereocenters. The van der Waals surface area contributed by atoms with Crippen LogP contribution >= 0.6 is 0 Å². The van der Waals surface area contributed by atoms with Crippen LogP contribution in [0.1, 0.15) is 52.7 Å². The Morgan fingerprint density at radius 1 is 0.324 bits per heavy atom. The maximum absolute atomic E-state index is 4.95. The maximum Gasteiger partial charge on any atom is 0.252 e. The first-order valence-corrected chi connectivity index (χ1v) is 24.8. The summed E-state index contributed by atoms with van der Waals surface area (Å²) in [6.45, 7) is 13.8. The third-order valence-corrected chi connectivity index (χ3v) is 14.4. The molecule has 9 aromatic carbocycles. The van der Waals surface area contributed by atoms with Crippen LogP contribution in [0.4, 0.5) is 34.1 Å². The van der Waals surface area contributed by atoms with Crippen molar-refractivity contribution in [1.29, 1.82) is 0 Å². The first-order chi connectivity index (χ1) is 34.5. The van der Waals surface area contributed by atoms with Crippen LogP contribution in [0.25, 0.3) is 55.9 Å². The molecule has 1 aromatic heterocycles. The first kappa shape index (κ1) is 44.0. The standard InChI is InChI=1S/C66H55BN4/c1-65(2,3)53-28-30-57-59(42-53)70(55-36-48(44-20-11-7-12-21-44)34-49(37-55)45-22-13-8-14-23-45)61-40-52(64-68-32-19-33-69-64)41-62-63(61)67(57)58-31-29-54(66(4,5)6)43-60(58)71(62)56-38-50(46-24-15-9-16-25-46)35-51(39-56)47-26-17-10-18-27-47/h7-43H,1-6H3. The minimum absolute atomic E-state index is 0.0805. The lowest BCUT2D eigenvalue weighted by molar-refractivity contribution is 0.590. The van der Waals surface area contributed by atoms with Crippen LogP contribution < -0.4 is 26.2 Å². The van der Waals surface area contributed by atoms with Crippen molar-refractivity contribution >= 4 is 57.2 Å². The summed E-state index contributed by atoms with van der Waals surface area (Å²) in [5.74, 6) is 0.678. The summed E-state index contributed by atoms with van der Waals surface area (Å²) in [5.41, 5.74) is 23.1. The highest BCUT2D eigenvalue weighted by molar-refractivity contribution is 7.00. The summed E-state index contributed by atoms with van der Waals surface area (Å²) in [7, 11) is 0. The summed E-state index contributed by atoms with van der Waals surface area (Å²) < 4.78 is 0. The minimum Gasteiger partial charge on any atom is -0.311 e. The van der Waals surface area contributed by atoms with E-state index in [9.17, 15) is 0 Å². The molecule has 0 N–H and O–H groups in total. The number of fused-ring (bicyclic) bond motifs is 4. The van der Waals surface area contributed by atoms with Crippen molar-refractivity contribution in [3.05, 3.63) is 236 Å². The fraction of sp³-hybridized carbons (Fsp3) is 0.121. The summed E-state index contributed by atoms with van der Waals surface area (Å²) in [4.78, 5) is 15.0. The number of aromatic nitrogens is 2. The predicted molar refractivity (Wildman–Crippen MR) is 301 cm³/mol. The first-order valence-electron chi connectivity index (χ1n) is 24.8. The van der Waals surface area contributed by atoms with Gasteiger partial charge in [-0.2, -0.15) is 0 Å². The molecule has 5 heteroatoms. The van der Waals surface area contributed by atoms with Crippen molar-refractivity contribution in [2.45, 2.75) is 52.4 Å². The smallest absolute Gasteiger partial charge is 0.252 e. The van der Waals surface area contributed by atoms with E-state index in [0.717, 1.165) is 50.6 Å². The van der Waals surface area contributed by atoms with E-state index >= 15 is 0 Å². The molecule has 10 aromatic rings. The molecule has 0 bridgehead atoms. The average Bonchev–Trinajstić information content (AvgIpc) is 3.40. The summed E-state index contributed by atoms with van der Waals surface area (Å²) in [6.07, 6.45) is 3.71. The van der Waals surface area contributed by atoms with Crippen molar-refractivity contribution in [1.82, 2.24) is 9.97 Å². The second-order valence-corrected chi connectivity index (χ2v) is 21.2. The summed E-state index contributed by atoms with van der Waals surface area (Å²) >= 11 is 0. The number of anilines is 6. The third kappa shape index (κ3) is 8.02. The van der Waals surface area contributed by atoms with Crippen LogP contribution in [0.3, 0.4) is 0 Å². The fourth-order valence-electron chi connectivity index (χ4n) is 10.7. The summed E-state index contributed by atoms with van der Waals surface area (Å²) in [6, 6.07) is 78.5. The van der Waals surface area contributed by atoms with Gasteiger partial charge in [0.25, 0.3) is 6.71 Å². The number of nitrogens with zero attached hydrogens (tertiary/aromatic N) is 4. The van der Waals surface area contributed by atoms with Crippen LogP contribution in [-0.2, 0) is 10.8 Å². The highest BCUT2D eigenvalue weighted by atomic mass is 15.2. The monoisotopic (exact) mass is 914 g/mol. The highest BCUT2D eigenvalue weighted by Crippen LogP contribution is 2.49. The van der Waals surface area contributed by atoms with Gasteiger partial charge in [-0.3, -0.25) is 0 Å². The quantitative estimate of drug-likeness (QED) is 0.149. The minimum atomic E-state index is -0.101. The molecular formula is C66H55BN4. The number of rotatable bonds is 7. The van der Waals surface area contributed by atoms with Crippen molar-refractivity contribution in [2.24, 2.45) is 0 Å². The van der Waals surface area contributed by atoms with Gasteiger partial charge in [0.05, 0.1) is 0 Å². The van der Waals surface area contributed by atoms with Gasteiger partial charge in [0.2, 0.25) is 0 Å². The third-order valence-electron chi connectivity index (χ3n) is 14.4. The Labute approximate surface area is 419 Å². The molecule has 0 fully saturated rings. The van der Waals surface area contributed by atoms with E-state index in [4.69, 9.17) is 9.97 Å². The van der Waals surface area contributed by atoms with E-state index in [-0.39, 0.29) is 17.5 Å². The topological polar surface area (TPSA) is 32.3 Å². The van der Waals surface area contributed by atoms with Gasteiger partial charge in [0, 0.05) is 52.1 Å². The van der Waals surface area contributed by atoms with Gasteiger partial charge < -0.3 is 9.80 Å². The molecule has 2 aliphatic heterocycles. The lowest BCUT2D eigenvalue weighted by Gasteiger charge is -2.45. The van der Waals surface area contributed by atoms with Crippen LogP contribution in [0, 0.1) is 0 Å². The normalized spacial score (nSPS) is 12.8. The van der Waals surface area contributed by atoms with Crippen molar-refractivity contribution in [2.75, 3.05) is 9.80 Å². The van der Waals surface area contributed by atoms with E-state index in [1.807, 2.05) is 18.5 Å². The van der Waals surface area contributed by atoms with E-state index < -0.39 is 0 Å². The second kappa shape index (κ2) is 17.3. The lowest BCUT2D eigenvalue weighted by atomic mass is 9.33. The zero-order valence-electron chi connectivity index (χ0n) is 41.2. The molecule has 0 spiro atoms. The molecule has 4 nitrogen and oxygen atoms in total. The fourth-order valence-corrected chi connectivity index (χ4v) is 10.7.